The standard InChI is InChI=1S/C24H28N4O3/c1-26-12-14-27(15-13-26)11-10-25-23(29)22-17-28(18-6-5-7-19(16-18)31-2)24(30)21-9-4-3-8-20(21)22/h3-9,16-17H,10-15H2,1-2H3,(H,25,29). The Morgan fingerprint density at radius 2 is 1.77 bits per heavy atom. The van der Waals surface area contributed by atoms with Gasteiger partial charge in [0.1, 0.15) is 5.75 Å². The first kappa shape index (κ1) is 21.1. The lowest BCUT2D eigenvalue weighted by molar-refractivity contribution is 0.0942. The fraction of sp³-hybridized carbons (Fsp3) is 0.333. The van der Waals surface area contributed by atoms with Crippen LogP contribution in [0.2, 0.25) is 0 Å². The number of fused-ring (bicyclic) bond motifs is 1. The summed E-state index contributed by atoms with van der Waals surface area (Å²) in [5.41, 5.74) is 0.968. The summed E-state index contributed by atoms with van der Waals surface area (Å²) in [7, 11) is 3.71. The summed E-state index contributed by atoms with van der Waals surface area (Å²) >= 11 is 0. The maximum Gasteiger partial charge on any atom is 0.262 e. The third-order valence-corrected chi connectivity index (χ3v) is 5.81. The summed E-state index contributed by atoms with van der Waals surface area (Å²) in [4.78, 5) is 30.9. The van der Waals surface area contributed by atoms with Crippen LogP contribution in [0.5, 0.6) is 5.75 Å². The number of rotatable bonds is 6. The number of nitrogens with zero attached hydrogens (tertiary/aromatic N) is 3. The molecule has 1 N–H and O–H groups in total. The number of hydrogen-bond acceptors (Lipinski definition) is 5. The predicted octanol–water partition coefficient (Wildman–Crippen LogP) is 1.98. The zero-order chi connectivity index (χ0) is 21.8. The van der Waals surface area contributed by atoms with Crippen LogP contribution >= 0.6 is 0 Å². The van der Waals surface area contributed by atoms with E-state index >= 15 is 0 Å². The average molecular weight is 421 g/mol. The zero-order valence-electron chi connectivity index (χ0n) is 18.0. The molecule has 7 heteroatoms. The van der Waals surface area contributed by atoms with E-state index in [1.807, 2.05) is 36.4 Å². The van der Waals surface area contributed by atoms with Gasteiger partial charge in [-0.05, 0) is 25.2 Å². The lowest BCUT2D eigenvalue weighted by atomic mass is 10.1. The van der Waals surface area contributed by atoms with Crippen molar-refractivity contribution in [2.75, 3.05) is 53.4 Å². The van der Waals surface area contributed by atoms with E-state index in [1.165, 1.54) is 4.57 Å². The average Bonchev–Trinajstić information content (AvgIpc) is 2.80. The minimum atomic E-state index is -0.179. The van der Waals surface area contributed by atoms with E-state index in [4.69, 9.17) is 4.74 Å². The molecule has 0 spiro atoms. The molecule has 31 heavy (non-hydrogen) atoms. The summed E-state index contributed by atoms with van der Waals surface area (Å²) in [6, 6.07) is 14.5. The molecule has 0 unspecified atom stereocenters. The molecule has 7 nitrogen and oxygen atoms in total. The molecule has 4 rings (SSSR count). The number of amides is 1. The van der Waals surface area contributed by atoms with Crippen LogP contribution in [0.4, 0.5) is 0 Å². The predicted molar refractivity (Wildman–Crippen MR) is 122 cm³/mol. The van der Waals surface area contributed by atoms with Crippen LogP contribution in [-0.4, -0.2) is 73.7 Å². The Bertz CT molecular complexity index is 1130. The van der Waals surface area contributed by atoms with Gasteiger partial charge < -0.3 is 15.0 Å². The number of carbonyl (C=O) groups excluding carboxylic acids is 1. The number of methoxy groups -OCH3 is 1. The summed E-state index contributed by atoms with van der Waals surface area (Å²) in [6.07, 6.45) is 1.63. The zero-order valence-corrected chi connectivity index (χ0v) is 18.0. The van der Waals surface area contributed by atoms with Crippen molar-refractivity contribution in [3.8, 4) is 11.4 Å². The van der Waals surface area contributed by atoms with Crippen LogP contribution in [0.1, 0.15) is 10.4 Å². The third kappa shape index (κ3) is 4.62. The highest BCUT2D eigenvalue weighted by Gasteiger charge is 2.17. The van der Waals surface area contributed by atoms with Crippen LogP contribution in [0.25, 0.3) is 16.5 Å². The monoisotopic (exact) mass is 420 g/mol. The van der Waals surface area contributed by atoms with E-state index < -0.39 is 0 Å². The third-order valence-electron chi connectivity index (χ3n) is 5.81. The highest BCUT2D eigenvalue weighted by Crippen LogP contribution is 2.20. The number of ether oxygens (including phenoxy) is 1. The van der Waals surface area contributed by atoms with Gasteiger partial charge in [-0.15, -0.1) is 0 Å². The van der Waals surface area contributed by atoms with E-state index in [-0.39, 0.29) is 11.5 Å². The smallest absolute Gasteiger partial charge is 0.262 e. The number of likely N-dealkylation sites (N-methyl/N-ethyl adjacent to an activating group) is 1. The molecule has 1 saturated heterocycles. The summed E-state index contributed by atoms with van der Waals surface area (Å²) in [6.45, 7) is 5.49. The molecule has 2 heterocycles. The number of hydrogen-bond donors (Lipinski definition) is 1. The Balaban J connectivity index is 1.61. The number of aromatic nitrogens is 1. The topological polar surface area (TPSA) is 66.8 Å². The summed E-state index contributed by atoms with van der Waals surface area (Å²) < 4.78 is 6.81. The van der Waals surface area contributed by atoms with Crippen LogP contribution in [0, 0.1) is 0 Å². The van der Waals surface area contributed by atoms with Crippen molar-refractivity contribution in [1.29, 1.82) is 0 Å². The molecule has 0 radical (unpaired) electrons. The van der Waals surface area contributed by atoms with Crippen molar-refractivity contribution < 1.29 is 9.53 Å². The molecule has 0 atom stereocenters. The largest absolute Gasteiger partial charge is 0.497 e. The Hall–Kier alpha value is -3.16. The molecular formula is C24H28N4O3. The van der Waals surface area contributed by atoms with Gasteiger partial charge in [0.2, 0.25) is 0 Å². The van der Waals surface area contributed by atoms with E-state index in [0.29, 0.717) is 34.3 Å². The molecule has 3 aromatic rings. The summed E-state index contributed by atoms with van der Waals surface area (Å²) in [5.74, 6) is 0.470. The number of benzene rings is 2. The maximum absolute atomic E-state index is 13.1. The second kappa shape index (κ2) is 9.32. The normalized spacial score (nSPS) is 15.2. The van der Waals surface area contributed by atoms with Gasteiger partial charge in [0.05, 0.1) is 18.4 Å². The van der Waals surface area contributed by atoms with Crippen molar-refractivity contribution in [2.24, 2.45) is 0 Å². The molecule has 1 fully saturated rings. The van der Waals surface area contributed by atoms with Crippen molar-refractivity contribution in [2.45, 2.75) is 0 Å². The minimum Gasteiger partial charge on any atom is -0.497 e. The van der Waals surface area contributed by atoms with Crippen LogP contribution in [0.3, 0.4) is 0 Å². The van der Waals surface area contributed by atoms with Gasteiger partial charge in [0.25, 0.3) is 11.5 Å². The molecule has 0 bridgehead atoms. The molecule has 162 valence electrons. The van der Waals surface area contributed by atoms with E-state index in [1.54, 1.807) is 25.4 Å². The van der Waals surface area contributed by atoms with Crippen LogP contribution in [0.15, 0.2) is 59.5 Å². The van der Waals surface area contributed by atoms with Gasteiger partial charge in [-0.3, -0.25) is 19.1 Å². The van der Waals surface area contributed by atoms with Gasteiger partial charge in [-0.1, -0.05) is 24.3 Å². The first-order valence-corrected chi connectivity index (χ1v) is 10.5. The second-order valence-corrected chi connectivity index (χ2v) is 7.87. The van der Waals surface area contributed by atoms with E-state index in [9.17, 15) is 9.59 Å². The Morgan fingerprint density at radius 1 is 1.03 bits per heavy atom. The maximum atomic E-state index is 13.1. The minimum absolute atomic E-state index is 0.169. The number of pyridine rings is 1. The highest BCUT2D eigenvalue weighted by molar-refractivity contribution is 6.06. The second-order valence-electron chi connectivity index (χ2n) is 7.87. The molecule has 2 aromatic carbocycles. The molecule has 1 aromatic heterocycles. The molecular weight excluding hydrogens is 392 g/mol. The van der Waals surface area contributed by atoms with E-state index in [0.717, 1.165) is 32.7 Å². The fourth-order valence-corrected chi connectivity index (χ4v) is 3.92. The highest BCUT2D eigenvalue weighted by atomic mass is 16.5. The summed E-state index contributed by atoms with van der Waals surface area (Å²) in [5, 5.41) is 4.20. The molecule has 1 aliphatic heterocycles. The van der Waals surface area contributed by atoms with E-state index in [2.05, 4.69) is 22.2 Å². The number of carbonyl (C=O) groups is 1. The van der Waals surface area contributed by atoms with Crippen molar-refractivity contribution in [3.05, 3.63) is 70.6 Å². The van der Waals surface area contributed by atoms with Gasteiger partial charge in [0, 0.05) is 62.3 Å². The lowest BCUT2D eigenvalue weighted by Crippen LogP contribution is -2.47. The Labute approximate surface area is 181 Å². The van der Waals surface area contributed by atoms with Crippen LogP contribution < -0.4 is 15.6 Å². The Morgan fingerprint density at radius 3 is 2.52 bits per heavy atom. The van der Waals surface area contributed by atoms with Crippen LogP contribution in [-0.2, 0) is 0 Å². The van der Waals surface area contributed by atoms with Gasteiger partial charge in [-0.2, -0.15) is 0 Å². The van der Waals surface area contributed by atoms with Gasteiger partial charge in [0.15, 0.2) is 0 Å². The lowest BCUT2D eigenvalue weighted by Gasteiger charge is -2.32. The molecule has 1 aliphatic rings. The first-order valence-electron chi connectivity index (χ1n) is 10.5. The quantitative estimate of drug-likeness (QED) is 0.661. The van der Waals surface area contributed by atoms with Gasteiger partial charge in [-0.25, -0.2) is 0 Å². The number of nitrogens with one attached hydrogen (secondary N) is 1. The fourth-order valence-electron chi connectivity index (χ4n) is 3.92. The molecule has 1 amide bonds. The molecule has 0 aliphatic carbocycles. The van der Waals surface area contributed by atoms with Crippen molar-refractivity contribution in [1.82, 2.24) is 19.7 Å². The first-order chi connectivity index (χ1) is 15.1. The van der Waals surface area contributed by atoms with Crippen molar-refractivity contribution in [3.63, 3.8) is 0 Å². The Kier molecular flexibility index (Phi) is 6.34. The van der Waals surface area contributed by atoms with Crippen molar-refractivity contribution >= 4 is 16.7 Å². The number of piperazine rings is 1. The SMILES string of the molecule is COc1cccc(-n2cc(C(=O)NCCN3CCN(C)CC3)c3ccccc3c2=O)c1. The molecule has 0 saturated carbocycles. The van der Waals surface area contributed by atoms with Gasteiger partial charge >= 0.3 is 0 Å².